The number of benzene rings is 1. The van der Waals surface area contributed by atoms with Gasteiger partial charge in [-0.25, -0.2) is 0 Å². The number of rotatable bonds is 5. The molecule has 0 N–H and O–H groups in total. The molecule has 4 nitrogen and oxygen atoms in total. The van der Waals surface area contributed by atoms with E-state index in [0.717, 1.165) is 42.8 Å². The highest BCUT2D eigenvalue weighted by Crippen LogP contribution is 2.26. The summed E-state index contributed by atoms with van der Waals surface area (Å²) >= 11 is 0. The average molecular weight is 338 g/mol. The van der Waals surface area contributed by atoms with Gasteiger partial charge in [0.05, 0.1) is 17.4 Å². The molecule has 0 spiro atoms. The second kappa shape index (κ2) is 8.26. The standard InChI is InChI=1S/C21H26N2O2/c1-3-25-16(2)17-9-11-18(12-10-17)20-19(8-7-13-22-20)21(24)23-14-5-4-6-15-23/h7-13,16H,3-6,14-15H2,1-2H3/t16-/m0/s1. The van der Waals surface area contributed by atoms with Gasteiger partial charge in [-0.05, 0) is 50.8 Å². The van der Waals surface area contributed by atoms with Crippen LogP contribution >= 0.6 is 0 Å². The van der Waals surface area contributed by atoms with Crippen molar-refractivity contribution in [1.29, 1.82) is 0 Å². The third-order valence-corrected chi connectivity index (χ3v) is 4.75. The molecule has 0 aliphatic carbocycles. The van der Waals surface area contributed by atoms with Crippen molar-refractivity contribution in [3.63, 3.8) is 0 Å². The molecule has 2 aromatic rings. The molecule has 25 heavy (non-hydrogen) atoms. The number of piperidine rings is 1. The quantitative estimate of drug-likeness (QED) is 0.807. The summed E-state index contributed by atoms with van der Waals surface area (Å²) in [6.07, 6.45) is 5.20. The number of aromatic nitrogens is 1. The van der Waals surface area contributed by atoms with E-state index in [1.54, 1.807) is 6.20 Å². The lowest BCUT2D eigenvalue weighted by molar-refractivity contribution is 0.0724. The van der Waals surface area contributed by atoms with Gasteiger partial charge in [-0.15, -0.1) is 0 Å². The predicted molar refractivity (Wildman–Crippen MR) is 99.5 cm³/mol. The van der Waals surface area contributed by atoms with Gasteiger partial charge in [-0.1, -0.05) is 24.3 Å². The Morgan fingerprint density at radius 3 is 2.56 bits per heavy atom. The lowest BCUT2D eigenvalue weighted by Gasteiger charge is -2.27. The Hall–Kier alpha value is -2.20. The molecule has 132 valence electrons. The predicted octanol–water partition coefficient (Wildman–Crippen LogP) is 4.47. The summed E-state index contributed by atoms with van der Waals surface area (Å²) in [4.78, 5) is 19.4. The van der Waals surface area contributed by atoms with Gasteiger partial charge in [0.25, 0.3) is 5.91 Å². The molecule has 0 saturated carbocycles. The van der Waals surface area contributed by atoms with Crippen molar-refractivity contribution in [3.8, 4) is 11.3 Å². The smallest absolute Gasteiger partial charge is 0.256 e. The minimum absolute atomic E-state index is 0.0669. The van der Waals surface area contributed by atoms with E-state index in [9.17, 15) is 4.79 Å². The molecule has 1 saturated heterocycles. The molecule has 1 amide bonds. The zero-order chi connectivity index (χ0) is 17.6. The molecule has 4 heteroatoms. The van der Waals surface area contributed by atoms with Gasteiger partial charge >= 0.3 is 0 Å². The van der Waals surface area contributed by atoms with Gasteiger partial charge in [0, 0.05) is 31.5 Å². The summed E-state index contributed by atoms with van der Waals surface area (Å²) in [5.74, 6) is 0.0922. The molecule has 2 heterocycles. The number of nitrogens with zero attached hydrogens (tertiary/aromatic N) is 2. The minimum atomic E-state index is 0.0669. The Labute approximate surface area is 149 Å². The van der Waals surface area contributed by atoms with Gasteiger partial charge in [-0.2, -0.15) is 0 Å². The Kier molecular flexibility index (Phi) is 5.82. The highest BCUT2D eigenvalue weighted by atomic mass is 16.5. The first-order chi connectivity index (χ1) is 12.2. The molecule has 1 aliphatic heterocycles. The monoisotopic (exact) mass is 338 g/mol. The maximum absolute atomic E-state index is 12.9. The molecule has 1 aromatic heterocycles. The van der Waals surface area contributed by atoms with Crippen LogP contribution in [0.5, 0.6) is 0 Å². The summed E-state index contributed by atoms with van der Waals surface area (Å²) in [5.41, 5.74) is 3.54. The summed E-state index contributed by atoms with van der Waals surface area (Å²) in [6, 6.07) is 11.9. The van der Waals surface area contributed by atoms with Crippen LogP contribution in [0.3, 0.4) is 0 Å². The van der Waals surface area contributed by atoms with Crippen molar-refractivity contribution in [1.82, 2.24) is 9.88 Å². The van der Waals surface area contributed by atoms with E-state index in [0.29, 0.717) is 12.2 Å². The third-order valence-electron chi connectivity index (χ3n) is 4.75. The number of hydrogen-bond acceptors (Lipinski definition) is 3. The second-order valence-corrected chi connectivity index (χ2v) is 6.47. The van der Waals surface area contributed by atoms with Crippen LogP contribution in [0, 0.1) is 0 Å². The van der Waals surface area contributed by atoms with Gasteiger partial charge < -0.3 is 9.64 Å². The summed E-state index contributed by atoms with van der Waals surface area (Å²) in [7, 11) is 0. The van der Waals surface area contributed by atoms with Crippen molar-refractivity contribution >= 4 is 5.91 Å². The highest BCUT2D eigenvalue weighted by molar-refractivity contribution is 5.99. The van der Waals surface area contributed by atoms with Crippen LogP contribution in [-0.2, 0) is 4.74 Å². The molecular weight excluding hydrogens is 312 g/mol. The number of likely N-dealkylation sites (tertiary alicyclic amines) is 1. The normalized spacial score (nSPS) is 15.8. The number of amides is 1. The number of ether oxygens (including phenoxy) is 1. The van der Waals surface area contributed by atoms with Crippen molar-refractivity contribution in [2.24, 2.45) is 0 Å². The molecule has 1 aromatic carbocycles. The van der Waals surface area contributed by atoms with E-state index in [4.69, 9.17) is 4.74 Å². The molecule has 0 unspecified atom stereocenters. The zero-order valence-electron chi connectivity index (χ0n) is 15.1. The topological polar surface area (TPSA) is 42.4 Å². The molecular formula is C21H26N2O2. The summed E-state index contributed by atoms with van der Waals surface area (Å²) < 4.78 is 5.64. The second-order valence-electron chi connectivity index (χ2n) is 6.47. The number of pyridine rings is 1. The fourth-order valence-electron chi connectivity index (χ4n) is 3.33. The van der Waals surface area contributed by atoms with Crippen LogP contribution in [0.2, 0.25) is 0 Å². The highest BCUT2D eigenvalue weighted by Gasteiger charge is 2.21. The molecule has 0 radical (unpaired) electrons. The molecule has 1 atom stereocenters. The first-order valence-electron chi connectivity index (χ1n) is 9.17. The first-order valence-corrected chi connectivity index (χ1v) is 9.17. The Bertz CT molecular complexity index is 706. The minimum Gasteiger partial charge on any atom is -0.374 e. The largest absolute Gasteiger partial charge is 0.374 e. The SMILES string of the molecule is CCO[C@@H](C)c1ccc(-c2ncccc2C(=O)N2CCCCC2)cc1. The fraction of sp³-hybridized carbons (Fsp3) is 0.429. The molecule has 1 aliphatic rings. The van der Waals surface area contributed by atoms with Crippen molar-refractivity contribution in [3.05, 3.63) is 53.7 Å². The van der Waals surface area contributed by atoms with Crippen LogP contribution in [-0.4, -0.2) is 35.5 Å². The Morgan fingerprint density at radius 1 is 1.16 bits per heavy atom. The number of hydrogen-bond donors (Lipinski definition) is 0. The molecule has 1 fully saturated rings. The van der Waals surface area contributed by atoms with Crippen molar-refractivity contribution < 1.29 is 9.53 Å². The summed E-state index contributed by atoms with van der Waals surface area (Å²) in [5, 5.41) is 0. The lowest BCUT2D eigenvalue weighted by Crippen LogP contribution is -2.35. The molecule has 3 rings (SSSR count). The number of carbonyl (C=O) groups is 1. The van der Waals surface area contributed by atoms with Gasteiger partial charge in [0.1, 0.15) is 0 Å². The van der Waals surface area contributed by atoms with Crippen molar-refractivity contribution in [2.45, 2.75) is 39.2 Å². The van der Waals surface area contributed by atoms with E-state index < -0.39 is 0 Å². The third kappa shape index (κ3) is 4.07. The first kappa shape index (κ1) is 17.6. The lowest BCUT2D eigenvalue weighted by atomic mass is 10.0. The van der Waals surface area contributed by atoms with Gasteiger partial charge in [0.2, 0.25) is 0 Å². The van der Waals surface area contributed by atoms with Crippen LogP contribution in [0.15, 0.2) is 42.6 Å². The molecule has 0 bridgehead atoms. The maximum Gasteiger partial charge on any atom is 0.256 e. The van der Waals surface area contributed by atoms with Crippen molar-refractivity contribution in [2.75, 3.05) is 19.7 Å². The zero-order valence-corrected chi connectivity index (χ0v) is 15.1. The Balaban J connectivity index is 1.86. The van der Waals surface area contributed by atoms with E-state index in [1.807, 2.05) is 43.0 Å². The van der Waals surface area contributed by atoms with E-state index in [2.05, 4.69) is 17.1 Å². The van der Waals surface area contributed by atoms with Gasteiger partial charge in [-0.3, -0.25) is 9.78 Å². The van der Waals surface area contributed by atoms with Crippen LogP contribution in [0.4, 0.5) is 0 Å². The fourth-order valence-corrected chi connectivity index (χ4v) is 3.33. The summed E-state index contributed by atoms with van der Waals surface area (Å²) in [6.45, 7) is 6.43. The van der Waals surface area contributed by atoms with E-state index in [-0.39, 0.29) is 12.0 Å². The van der Waals surface area contributed by atoms with E-state index >= 15 is 0 Å². The van der Waals surface area contributed by atoms with Gasteiger partial charge in [0.15, 0.2) is 0 Å². The maximum atomic E-state index is 12.9. The average Bonchev–Trinajstić information content (AvgIpc) is 2.68. The van der Waals surface area contributed by atoms with Crippen LogP contribution in [0.1, 0.15) is 55.1 Å². The van der Waals surface area contributed by atoms with Crippen LogP contribution in [0.25, 0.3) is 11.3 Å². The van der Waals surface area contributed by atoms with E-state index in [1.165, 1.54) is 6.42 Å². The van der Waals surface area contributed by atoms with Crippen LogP contribution < -0.4 is 0 Å². The Morgan fingerprint density at radius 2 is 1.88 bits per heavy atom. The number of carbonyl (C=O) groups excluding carboxylic acids is 1.